The zero-order valence-corrected chi connectivity index (χ0v) is 36.8. The van der Waals surface area contributed by atoms with Gasteiger partial charge in [0.25, 0.3) is 0 Å². The van der Waals surface area contributed by atoms with Gasteiger partial charge in [0, 0.05) is 33.6 Å². The molecule has 0 bridgehead atoms. The molecule has 5 heteroatoms. The zero-order chi connectivity index (χ0) is 44.8. The summed E-state index contributed by atoms with van der Waals surface area (Å²) in [5, 5.41) is 0. The third kappa shape index (κ3) is 5.63. The number of para-hydroxylation sites is 8. The fourth-order valence-electron chi connectivity index (χ4n) is 11.2. The third-order valence-electron chi connectivity index (χ3n) is 14.0. The quantitative estimate of drug-likeness (QED) is 0.167. The van der Waals surface area contributed by atoms with Gasteiger partial charge in [-0.25, -0.2) is 9.97 Å². The second-order valence-electron chi connectivity index (χ2n) is 17.7. The van der Waals surface area contributed by atoms with E-state index in [-0.39, 0.29) is 0 Å². The Labute approximate surface area is 393 Å². The summed E-state index contributed by atoms with van der Waals surface area (Å²) in [6.07, 6.45) is 0. The number of rotatable bonds is 6. The molecule has 5 nitrogen and oxygen atoms in total. The van der Waals surface area contributed by atoms with E-state index < -0.39 is 5.41 Å². The molecule has 1 aliphatic carbocycles. The highest BCUT2D eigenvalue weighted by molar-refractivity contribution is 5.97. The summed E-state index contributed by atoms with van der Waals surface area (Å²) in [5.74, 6) is 3.51. The summed E-state index contributed by atoms with van der Waals surface area (Å²) in [4.78, 5) is 10.7. The number of hydrogen-bond acceptors (Lipinski definition) is 3. The third-order valence-corrected chi connectivity index (χ3v) is 14.0. The molecule has 12 aromatic rings. The lowest BCUT2D eigenvalue weighted by molar-refractivity contribution is 0.436. The van der Waals surface area contributed by atoms with Crippen molar-refractivity contribution >= 4 is 22.1 Å². The summed E-state index contributed by atoms with van der Waals surface area (Å²) < 4.78 is 11.2. The Morgan fingerprint density at radius 1 is 0.324 bits per heavy atom. The van der Waals surface area contributed by atoms with Crippen LogP contribution in [0.1, 0.15) is 22.3 Å². The Balaban J connectivity index is 0.966. The Kier molecular flexibility index (Phi) is 8.43. The van der Waals surface area contributed by atoms with Crippen LogP contribution in [0.3, 0.4) is 0 Å². The van der Waals surface area contributed by atoms with Crippen LogP contribution < -0.4 is 4.74 Å². The van der Waals surface area contributed by atoms with Crippen LogP contribution in [-0.2, 0) is 5.41 Å². The van der Waals surface area contributed by atoms with E-state index >= 15 is 0 Å². The lowest BCUT2D eigenvalue weighted by atomic mass is 9.66. The van der Waals surface area contributed by atoms with Gasteiger partial charge in [-0.3, -0.25) is 9.13 Å². The molecular formula is C63H40N4O. The minimum Gasteiger partial charge on any atom is -0.457 e. The molecule has 1 aliphatic heterocycles. The Morgan fingerprint density at radius 3 is 1.35 bits per heavy atom. The Hall–Kier alpha value is -9.06. The first kappa shape index (κ1) is 38.2. The Bertz CT molecular complexity index is 3760. The average Bonchev–Trinajstić information content (AvgIpc) is 4.09. The minimum absolute atomic E-state index is 0.531. The number of benzene rings is 10. The minimum atomic E-state index is -0.531. The van der Waals surface area contributed by atoms with E-state index in [1.807, 2.05) is 0 Å². The smallest absolute Gasteiger partial charge is 0.145 e. The van der Waals surface area contributed by atoms with Gasteiger partial charge in [0.05, 0.1) is 27.5 Å². The fraction of sp³-hybridized carbons (Fsp3) is 0.0159. The van der Waals surface area contributed by atoms with E-state index in [9.17, 15) is 0 Å². The first-order chi connectivity index (χ1) is 33.7. The number of ether oxygens (including phenoxy) is 1. The maximum atomic E-state index is 6.62. The number of imidazole rings is 2. The van der Waals surface area contributed by atoms with Gasteiger partial charge in [-0.15, -0.1) is 0 Å². The molecule has 0 fully saturated rings. The predicted molar refractivity (Wildman–Crippen MR) is 275 cm³/mol. The SMILES string of the molecule is c1ccc(-n2c(-c3cc(-c4ccc(-c5cccc6c5-c5ccccc5C65c6ccccc6Oc6ccccc65)cc4)cc(-c4nc5ccccc5n4-c4ccccc4)c3)nc3ccccc32)cc1. The van der Waals surface area contributed by atoms with Crippen molar-refractivity contribution in [2.75, 3.05) is 0 Å². The van der Waals surface area contributed by atoms with E-state index in [0.29, 0.717) is 0 Å². The number of fused-ring (bicyclic) bond motifs is 11. The van der Waals surface area contributed by atoms with E-state index in [0.717, 1.165) is 95.5 Å². The van der Waals surface area contributed by atoms with Gasteiger partial charge in [-0.2, -0.15) is 0 Å². The van der Waals surface area contributed by atoms with Crippen LogP contribution in [0.5, 0.6) is 11.5 Å². The molecular weight excluding hydrogens is 829 g/mol. The molecule has 68 heavy (non-hydrogen) atoms. The van der Waals surface area contributed by atoms with Crippen molar-refractivity contribution in [3.63, 3.8) is 0 Å². The molecule has 0 amide bonds. The van der Waals surface area contributed by atoms with E-state index in [1.54, 1.807) is 0 Å². The van der Waals surface area contributed by atoms with E-state index in [4.69, 9.17) is 14.7 Å². The van der Waals surface area contributed by atoms with Crippen molar-refractivity contribution in [3.05, 3.63) is 265 Å². The summed E-state index contributed by atoms with van der Waals surface area (Å²) >= 11 is 0. The molecule has 0 saturated heterocycles. The van der Waals surface area contributed by atoms with Crippen LogP contribution in [0.25, 0.3) is 89.6 Å². The highest BCUT2D eigenvalue weighted by Crippen LogP contribution is 2.63. The molecule has 318 valence electrons. The maximum Gasteiger partial charge on any atom is 0.145 e. The van der Waals surface area contributed by atoms with Crippen molar-refractivity contribution in [1.29, 1.82) is 0 Å². The first-order valence-electron chi connectivity index (χ1n) is 23.1. The summed E-state index contributed by atoms with van der Waals surface area (Å²) in [6, 6.07) is 86.6. The van der Waals surface area contributed by atoms with Gasteiger partial charge >= 0.3 is 0 Å². The molecule has 0 N–H and O–H groups in total. The van der Waals surface area contributed by atoms with Crippen LogP contribution in [-0.4, -0.2) is 19.1 Å². The first-order valence-corrected chi connectivity index (χ1v) is 23.1. The highest BCUT2D eigenvalue weighted by Gasteiger charge is 2.51. The van der Waals surface area contributed by atoms with Crippen molar-refractivity contribution in [1.82, 2.24) is 19.1 Å². The van der Waals surface area contributed by atoms with Gasteiger partial charge in [0.15, 0.2) is 0 Å². The molecule has 2 aliphatic rings. The summed E-state index contributed by atoms with van der Waals surface area (Å²) in [6.45, 7) is 0. The van der Waals surface area contributed by atoms with Gasteiger partial charge in [0.1, 0.15) is 23.1 Å². The number of nitrogens with zero attached hydrogens (tertiary/aromatic N) is 4. The largest absolute Gasteiger partial charge is 0.457 e. The lowest BCUT2D eigenvalue weighted by Crippen LogP contribution is -2.32. The van der Waals surface area contributed by atoms with Gasteiger partial charge < -0.3 is 4.74 Å². The molecule has 0 saturated carbocycles. The molecule has 10 aromatic carbocycles. The lowest BCUT2D eigenvalue weighted by Gasteiger charge is -2.39. The molecule has 0 unspecified atom stereocenters. The standard InChI is InChI=1S/C63H40N4O/c1-3-18-46(19-4-1)66-56-30-13-11-28-54(56)64-61(66)44-38-43(39-45(40-44)62-65-55-29-12-14-31-57(55)67(62)47-20-5-2-6-21-47)41-34-36-42(37-35-41)48-23-17-27-53-60(48)49-22-7-8-24-50(49)63(53)51-25-9-15-32-58(51)68-59-33-16-10-26-52(59)63/h1-40H. The van der Waals surface area contributed by atoms with Crippen LogP contribution in [0, 0.1) is 0 Å². The van der Waals surface area contributed by atoms with Crippen molar-refractivity contribution < 1.29 is 4.74 Å². The number of aromatic nitrogens is 4. The second kappa shape index (κ2) is 15.0. The maximum absolute atomic E-state index is 6.62. The fourth-order valence-corrected chi connectivity index (χ4v) is 11.2. The molecule has 3 heterocycles. The van der Waals surface area contributed by atoms with Gasteiger partial charge in [-0.1, -0.05) is 164 Å². The molecule has 0 radical (unpaired) electrons. The van der Waals surface area contributed by atoms with Crippen LogP contribution in [0.15, 0.2) is 243 Å². The normalized spacial score (nSPS) is 12.9. The second-order valence-corrected chi connectivity index (χ2v) is 17.7. The monoisotopic (exact) mass is 868 g/mol. The molecule has 0 atom stereocenters. The topological polar surface area (TPSA) is 44.9 Å². The molecule has 2 aromatic heterocycles. The van der Waals surface area contributed by atoms with Crippen molar-refractivity contribution in [3.8, 4) is 79.0 Å². The highest BCUT2D eigenvalue weighted by atomic mass is 16.5. The van der Waals surface area contributed by atoms with Gasteiger partial charge in [-0.05, 0) is 123 Å². The summed E-state index contributed by atoms with van der Waals surface area (Å²) in [5.41, 5.74) is 19.4. The number of hydrogen-bond donors (Lipinski definition) is 0. The van der Waals surface area contributed by atoms with Gasteiger partial charge in [0.2, 0.25) is 0 Å². The predicted octanol–water partition coefficient (Wildman–Crippen LogP) is 15.5. The zero-order valence-electron chi connectivity index (χ0n) is 36.8. The van der Waals surface area contributed by atoms with Crippen LogP contribution >= 0.6 is 0 Å². The average molecular weight is 869 g/mol. The Morgan fingerprint density at radius 2 is 0.765 bits per heavy atom. The van der Waals surface area contributed by atoms with Crippen molar-refractivity contribution in [2.45, 2.75) is 5.41 Å². The molecule has 1 spiro atoms. The van der Waals surface area contributed by atoms with Crippen LogP contribution in [0.2, 0.25) is 0 Å². The van der Waals surface area contributed by atoms with E-state index in [2.05, 4.69) is 252 Å². The van der Waals surface area contributed by atoms with Crippen molar-refractivity contribution in [2.24, 2.45) is 0 Å². The van der Waals surface area contributed by atoms with Crippen LogP contribution in [0.4, 0.5) is 0 Å². The van der Waals surface area contributed by atoms with E-state index in [1.165, 1.54) is 27.8 Å². The summed E-state index contributed by atoms with van der Waals surface area (Å²) in [7, 11) is 0. The molecule has 14 rings (SSSR count).